The van der Waals surface area contributed by atoms with Crippen molar-refractivity contribution in [1.82, 2.24) is 10.2 Å². The summed E-state index contributed by atoms with van der Waals surface area (Å²) in [5.41, 5.74) is 1.24. The van der Waals surface area contributed by atoms with Gasteiger partial charge in [-0.1, -0.05) is 12.1 Å². The van der Waals surface area contributed by atoms with Gasteiger partial charge in [-0.05, 0) is 50.9 Å². The molecule has 1 aromatic rings. The van der Waals surface area contributed by atoms with Gasteiger partial charge in [-0.2, -0.15) is 0 Å². The van der Waals surface area contributed by atoms with Crippen LogP contribution in [0.4, 0.5) is 0 Å². The molecule has 1 saturated heterocycles. The fraction of sp³-hybridized carbons (Fsp3) is 0.647. The Balaban J connectivity index is 1.94. The zero-order valence-corrected chi connectivity index (χ0v) is 13.2. The lowest BCUT2D eigenvalue weighted by atomic mass is 10.1. The quantitative estimate of drug-likeness (QED) is 0.769. The molecule has 1 aliphatic rings. The van der Waals surface area contributed by atoms with Crippen molar-refractivity contribution in [2.75, 3.05) is 26.2 Å². The van der Waals surface area contributed by atoms with E-state index < -0.39 is 0 Å². The van der Waals surface area contributed by atoms with Gasteiger partial charge in [0.25, 0.3) is 0 Å². The summed E-state index contributed by atoms with van der Waals surface area (Å²) < 4.78 is 5.75. The maximum atomic E-state index is 9.28. The molecule has 1 fully saturated rings. The Morgan fingerprint density at radius 2 is 2.29 bits per heavy atom. The Morgan fingerprint density at radius 1 is 1.43 bits per heavy atom. The number of rotatable bonds is 8. The first-order valence-corrected chi connectivity index (χ1v) is 7.99. The molecule has 0 spiro atoms. The molecular weight excluding hydrogens is 264 g/mol. The number of hydrogen-bond donors (Lipinski definition) is 2. The van der Waals surface area contributed by atoms with Crippen molar-refractivity contribution in [3.05, 3.63) is 29.8 Å². The summed E-state index contributed by atoms with van der Waals surface area (Å²) in [5, 5.41) is 12.8. The van der Waals surface area contributed by atoms with Crippen LogP contribution in [0.5, 0.6) is 5.75 Å². The van der Waals surface area contributed by atoms with E-state index in [-0.39, 0.29) is 12.7 Å². The Bertz CT molecular complexity index is 417. The summed E-state index contributed by atoms with van der Waals surface area (Å²) in [7, 11) is 0. The molecule has 21 heavy (non-hydrogen) atoms. The van der Waals surface area contributed by atoms with E-state index in [1.807, 2.05) is 26.0 Å². The maximum absolute atomic E-state index is 9.28. The lowest BCUT2D eigenvalue weighted by Crippen LogP contribution is -2.38. The van der Waals surface area contributed by atoms with Gasteiger partial charge in [-0.15, -0.1) is 0 Å². The molecule has 1 unspecified atom stereocenters. The number of nitrogens with zero attached hydrogens (tertiary/aromatic N) is 1. The van der Waals surface area contributed by atoms with Gasteiger partial charge in [0.15, 0.2) is 0 Å². The summed E-state index contributed by atoms with van der Waals surface area (Å²) in [6.45, 7) is 7.97. The first kappa shape index (κ1) is 16.3. The van der Waals surface area contributed by atoms with Crippen molar-refractivity contribution in [3.8, 4) is 5.75 Å². The molecule has 4 heteroatoms. The van der Waals surface area contributed by atoms with E-state index in [0.717, 1.165) is 25.4 Å². The highest BCUT2D eigenvalue weighted by Gasteiger charge is 2.17. The minimum atomic E-state index is 0.191. The first-order valence-electron chi connectivity index (χ1n) is 7.99. The molecule has 0 amide bonds. The molecular formula is C17H28N2O2. The lowest BCUT2D eigenvalue weighted by molar-refractivity contribution is 0.179. The van der Waals surface area contributed by atoms with Crippen molar-refractivity contribution in [1.29, 1.82) is 0 Å². The second-order valence-electron chi connectivity index (χ2n) is 6.07. The van der Waals surface area contributed by atoms with Gasteiger partial charge in [0.1, 0.15) is 5.75 Å². The Labute approximate surface area is 128 Å². The van der Waals surface area contributed by atoms with Gasteiger partial charge in [-0.3, -0.25) is 4.90 Å². The number of nitrogens with one attached hydrogen (secondary N) is 1. The molecule has 0 radical (unpaired) electrons. The van der Waals surface area contributed by atoms with Crippen LogP contribution in [-0.2, 0) is 6.54 Å². The number of ether oxygens (including phenoxy) is 1. The lowest BCUT2D eigenvalue weighted by Gasteiger charge is -2.25. The SMILES string of the molecule is CC(C)Oc1cccc(CN(CCO)CC2CCCN2)c1. The molecule has 0 bridgehead atoms. The van der Waals surface area contributed by atoms with Gasteiger partial charge < -0.3 is 15.2 Å². The second-order valence-corrected chi connectivity index (χ2v) is 6.07. The van der Waals surface area contributed by atoms with Crippen LogP contribution in [0, 0.1) is 0 Å². The molecule has 1 atom stereocenters. The van der Waals surface area contributed by atoms with Gasteiger partial charge in [0, 0.05) is 25.7 Å². The number of benzene rings is 1. The summed E-state index contributed by atoms with van der Waals surface area (Å²) >= 11 is 0. The van der Waals surface area contributed by atoms with Gasteiger partial charge in [-0.25, -0.2) is 0 Å². The van der Waals surface area contributed by atoms with Gasteiger partial charge in [0.2, 0.25) is 0 Å². The van der Waals surface area contributed by atoms with E-state index in [4.69, 9.17) is 4.74 Å². The van der Waals surface area contributed by atoms with Crippen molar-refractivity contribution >= 4 is 0 Å². The minimum absolute atomic E-state index is 0.191. The number of aliphatic hydroxyl groups excluding tert-OH is 1. The highest BCUT2D eigenvalue weighted by molar-refractivity contribution is 5.28. The highest BCUT2D eigenvalue weighted by atomic mass is 16.5. The zero-order chi connectivity index (χ0) is 15.1. The van der Waals surface area contributed by atoms with Crippen molar-refractivity contribution in [2.24, 2.45) is 0 Å². The van der Waals surface area contributed by atoms with E-state index in [1.165, 1.54) is 18.4 Å². The normalized spacial score (nSPS) is 18.6. The standard InChI is InChI=1S/C17H28N2O2/c1-14(2)21-17-7-3-5-15(11-17)12-19(9-10-20)13-16-6-4-8-18-16/h3,5,7,11,14,16,18,20H,4,6,8-10,12-13H2,1-2H3. The van der Waals surface area contributed by atoms with Gasteiger partial charge >= 0.3 is 0 Å². The van der Waals surface area contributed by atoms with Crippen molar-refractivity contribution in [3.63, 3.8) is 0 Å². The molecule has 2 rings (SSSR count). The minimum Gasteiger partial charge on any atom is -0.491 e. The van der Waals surface area contributed by atoms with Crippen LogP contribution < -0.4 is 10.1 Å². The Kier molecular flexibility index (Phi) is 6.49. The smallest absolute Gasteiger partial charge is 0.120 e. The average Bonchev–Trinajstić information content (AvgIpc) is 2.91. The van der Waals surface area contributed by atoms with Crippen molar-refractivity contribution in [2.45, 2.75) is 45.4 Å². The largest absolute Gasteiger partial charge is 0.491 e. The van der Waals surface area contributed by atoms with Crippen LogP contribution in [0.15, 0.2) is 24.3 Å². The van der Waals surface area contributed by atoms with Crippen LogP contribution in [0.3, 0.4) is 0 Å². The maximum Gasteiger partial charge on any atom is 0.120 e. The average molecular weight is 292 g/mol. The predicted molar refractivity (Wildman–Crippen MR) is 85.6 cm³/mol. The van der Waals surface area contributed by atoms with Crippen LogP contribution in [-0.4, -0.2) is 48.4 Å². The Hall–Kier alpha value is -1.10. The highest BCUT2D eigenvalue weighted by Crippen LogP contribution is 2.17. The van der Waals surface area contributed by atoms with Gasteiger partial charge in [0.05, 0.1) is 12.7 Å². The van der Waals surface area contributed by atoms with Crippen molar-refractivity contribution < 1.29 is 9.84 Å². The summed E-state index contributed by atoms with van der Waals surface area (Å²) in [6, 6.07) is 8.83. The Morgan fingerprint density at radius 3 is 2.95 bits per heavy atom. The van der Waals surface area contributed by atoms with E-state index in [0.29, 0.717) is 12.6 Å². The summed E-state index contributed by atoms with van der Waals surface area (Å²) in [6.07, 6.45) is 2.69. The first-order chi connectivity index (χ1) is 10.2. The van der Waals surface area contributed by atoms with E-state index in [9.17, 15) is 5.11 Å². The third-order valence-corrected chi connectivity index (χ3v) is 3.73. The zero-order valence-electron chi connectivity index (χ0n) is 13.2. The summed E-state index contributed by atoms with van der Waals surface area (Å²) in [4.78, 5) is 2.32. The molecule has 2 N–H and O–H groups in total. The molecule has 1 heterocycles. The fourth-order valence-corrected chi connectivity index (χ4v) is 2.85. The van der Waals surface area contributed by atoms with E-state index in [2.05, 4.69) is 22.3 Å². The van der Waals surface area contributed by atoms with Crippen LogP contribution >= 0.6 is 0 Å². The predicted octanol–water partition coefficient (Wildman–Crippen LogP) is 2.02. The molecule has 0 saturated carbocycles. The van der Waals surface area contributed by atoms with Crippen LogP contribution in [0.2, 0.25) is 0 Å². The molecule has 1 aromatic carbocycles. The van der Waals surface area contributed by atoms with E-state index in [1.54, 1.807) is 0 Å². The third kappa shape index (κ3) is 5.65. The molecule has 1 aliphatic heterocycles. The third-order valence-electron chi connectivity index (χ3n) is 3.73. The molecule has 0 aromatic heterocycles. The molecule has 118 valence electrons. The van der Waals surface area contributed by atoms with Crippen LogP contribution in [0.1, 0.15) is 32.3 Å². The molecule has 4 nitrogen and oxygen atoms in total. The monoisotopic (exact) mass is 292 g/mol. The number of hydrogen-bond acceptors (Lipinski definition) is 4. The van der Waals surface area contributed by atoms with E-state index >= 15 is 0 Å². The number of aliphatic hydroxyl groups is 1. The topological polar surface area (TPSA) is 44.7 Å². The summed E-state index contributed by atoms with van der Waals surface area (Å²) in [5.74, 6) is 0.922. The second kappa shape index (κ2) is 8.37. The fourth-order valence-electron chi connectivity index (χ4n) is 2.85. The molecule has 0 aliphatic carbocycles. The van der Waals surface area contributed by atoms with Crippen LogP contribution in [0.25, 0.3) is 0 Å².